The number of nitrogens with two attached hydrogens (primary N) is 1. The van der Waals surface area contributed by atoms with Crippen LogP contribution in [0.5, 0.6) is 5.75 Å². The molecule has 84 valence electrons. The van der Waals surface area contributed by atoms with Gasteiger partial charge in [0.05, 0.1) is 12.8 Å². The minimum atomic E-state index is 0.507. The van der Waals surface area contributed by atoms with E-state index in [4.69, 9.17) is 10.5 Å². The van der Waals surface area contributed by atoms with Crippen LogP contribution in [0, 0.1) is 6.92 Å². The van der Waals surface area contributed by atoms with Crippen LogP contribution in [0.3, 0.4) is 0 Å². The average molecular weight is 282 g/mol. The molecule has 5 heteroatoms. The van der Waals surface area contributed by atoms with Crippen LogP contribution in [-0.2, 0) is 0 Å². The van der Waals surface area contributed by atoms with Crippen LogP contribution in [-0.4, -0.2) is 16.9 Å². The van der Waals surface area contributed by atoms with Crippen molar-refractivity contribution in [3.05, 3.63) is 34.4 Å². The van der Waals surface area contributed by atoms with E-state index >= 15 is 0 Å². The summed E-state index contributed by atoms with van der Waals surface area (Å²) < 4.78 is 7.91. The fourth-order valence-electron chi connectivity index (χ4n) is 1.52. The summed E-state index contributed by atoms with van der Waals surface area (Å²) in [5.74, 6) is 1.29. The standard InChI is InChI=1S/C11H12BrN3O/c1-7-5-11(13)14-15(7)10-6-8(16-2)3-4-9(10)12/h3-6H,1-2H3,(H2,13,14). The third-order valence-electron chi connectivity index (χ3n) is 2.29. The monoisotopic (exact) mass is 281 g/mol. The number of anilines is 1. The quantitative estimate of drug-likeness (QED) is 0.920. The molecule has 0 unspecified atom stereocenters. The molecule has 0 saturated carbocycles. The molecule has 0 radical (unpaired) electrons. The number of rotatable bonds is 2. The van der Waals surface area contributed by atoms with Gasteiger partial charge in [-0.15, -0.1) is 0 Å². The maximum Gasteiger partial charge on any atom is 0.146 e. The van der Waals surface area contributed by atoms with E-state index in [1.807, 2.05) is 31.2 Å². The van der Waals surface area contributed by atoms with Crippen molar-refractivity contribution in [2.24, 2.45) is 0 Å². The number of benzene rings is 1. The average Bonchev–Trinajstić information content (AvgIpc) is 2.58. The van der Waals surface area contributed by atoms with E-state index in [0.717, 1.165) is 21.6 Å². The Morgan fingerprint density at radius 2 is 2.12 bits per heavy atom. The van der Waals surface area contributed by atoms with Crippen molar-refractivity contribution in [1.82, 2.24) is 9.78 Å². The highest BCUT2D eigenvalue weighted by Gasteiger charge is 2.08. The zero-order valence-corrected chi connectivity index (χ0v) is 10.7. The smallest absolute Gasteiger partial charge is 0.146 e. The lowest BCUT2D eigenvalue weighted by atomic mass is 10.3. The van der Waals surface area contributed by atoms with Crippen LogP contribution in [0.4, 0.5) is 5.82 Å². The lowest BCUT2D eigenvalue weighted by molar-refractivity contribution is 0.414. The third kappa shape index (κ3) is 1.90. The first-order chi connectivity index (χ1) is 7.61. The van der Waals surface area contributed by atoms with Gasteiger partial charge in [0.15, 0.2) is 0 Å². The summed E-state index contributed by atoms with van der Waals surface area (Å²) >= 11 is 3.48. The number of halogens is 1. The van der Waals surface area contributed by atoms with Gasteiger partial charge in [-0.3, -0.25) is 0 Å². The Kier molecular flexibility index (Phi) is 2.87. The van der Waals surface area contributed by atoms with Crippen molar-refractivity contribution >= 4 is 21.7 Å². The minimum absolute atomic E-state index is 0.507. The molecule has 1 heterocycles. The Balaban J connectivity index is 2.58. The predicted octanol–water partition coefficient (Wildman–Crippen LogP) is 2.53. The molecular formula is C11H12BrN3O. The molecule has 0 fully saturated rings. The van der Waals surface area contributed by atoms with Crippen LogP contribution in [0.25, 0.3) is 5.69 Å². The number of ether oxygens (including phenoxy) is 1. The number of methoxy groups -OCH3 is 1. The first-order valence-electron chi connectivity index (χ1n) is 4.78. The summed E-state index contributed by atoms with van der Waals surface area (Å²) in [6, 6.07) is 7.54. The zero-order chi connectivity index (χ0) is 11.7. The van der Waals surface area contributed by atoms with Crippen LogP contribution >= 0.6 is 15.9 Å². The highest BCUT2D eigenvalue weighted by atomic mass is 79.9. The van der Waals surface area contributed by atoms with Crippen molar-refractivity contribution in [2.45, 2.75) is 6.92 Å². The topological polar surface area (TPSA) is 53.1 Å². The maximum atomic E-state index is 5.66. The van der Waals surface area contributed by atoms with Gasteiger partial charge in [0, 0.05) is 22.3 Å². The largest absolute Gasteiger partial charge is 0.497 e. The molecule has 16 heavy (non-hydrogen) atoms. The zero-order valence-electron chi connectivity index (χ0n) is 9.07. The molecule has 0 atom stereocenters. The van der Waals surface area contributed by atoms with Crippen molar-refractivity contribution in [1.29, 1.82) is 0 Å². The number of nitrogen functional groups attached to an aromatic ring is 1. The van der Waals surface area contributed by atoms with Crippen molar-refractivity contribution in [3.8, 4) is 11.4 Å². The summed E-state index contributed by atoms with van der Waals surface area (Å²) in [4.78, 5) is 0. The fourth-order valence-corrected chi connectivity index (χ4v) is 1.94. The van der Waals surface area contributed by atoms with Crippen molar-refractivity contribution in [2.75, 3.05) is 12.8 Å². The van der Waals surface area contributed by atoms with Crippen molar-refractivity contribution in [3.63, 3.8) is 0 Å². The molecule has 0 amide bonds. The summed E-state index contributed by atoms with van der Waals surface area (Å²) in [7, 11) is 1.64. The summed E-state index contributed by atoms with van der Waals surface area (Å²) in [6.07, 6.45) is 0. The van der Waals surface area contributed by atoms with Crippen LogP contribution in [0.15, 0.2) is 28.7 Å². The Morgan fingerprint density at radius 1 is 1.38 bits per heavy atom. The van der Waals surface area contributed by atoms with Crippen LogP contribution in [0.2, 0.25) is 0 Å². The van der Waals surface area contributed by atoms with Crippen LogP contribution < -0.4 is 10.5 Å². The van der Waals surface area contributed by atoms with Gasteiger partial charge in [-0.2, -0.15) is 5.10 Å². The first kappa shape index (κ1) is 11.0. The molecule has 0 bridgehead atoms. The van der Waals surface area contributed by atoms with Gasteiger partial charge in [-0.1, -0.05) is 0 Å². The molecular weight excluding hydrogens is 270 g/mol. The Morgan fingerprint density at radius 3 is 2.69 bits per heavy atom. The molecule has 0 aliphatic carbocycles. The minimum Gasteiger partial charge on any atom is -0.497 e. The number of aryl methyl sites for hydroxylation is 1. The maximum absolute atomic E-state index is 5.66. The molecule has 4 nitrogen and oxygen atoms in total. The number of aromatic nitrogens is 2. The second-order valence-corrected chi connectivity index (χ2v) is 4.29. The van der Waals surface area contributed by atoms with E-state index in [0.29, 0.717) is 5.82 Å². The second kappa shape index (κ2) is 4.17. The van der Waals surface area contributed by atoms with Gasteiger partial charge in [-0.25, -0.2) is 4.68 Å². The van der Waals surface area contributed by atoms with E-state index in [1.165, 1.54) is 0 Å². The fraction of sp³-hybridized carbons (Fsp3) is 0.182. The van der Waals surface area contributed by atoms with Crippen molar-refractivity contribution < 1.29 is 4.74 Å². The van der Waals surface area contributed by atoms with E-state index in [2.05, 4.69) is 21.0 Å². The molecule has 0 spiro atoms. The third-order valence-corrected chi connectivity index (χ3v) is 2.96. The molecule has 0 saturated heterocycles. The number of nitrogens with zero attached hydrogens (tertiary/aromatic N) is 2. The molecule has 1 aromatic heterocycles. The number of hydrogen-bond acceptors (Lipinski definition) is 3. The van der Waals surface area contributed by atoms with E-state index in [1.54, 1.807) is 11.8 Å². The van der Waals surface area contributed by atoms with E-state index in [9.17, 15) is 0 Å². The van der Waals surface area contributed by atoms with Gasteiger partial charge in [0.25, 0.3) is 0 Å². The lowest BCUT2D eigenvalue weighted by Gasteiger charge is -2.08. The van der Waals surface area contributed by atoms with E-state index < -0.39 is 0 Å². The molecule has 1 aromatic carbocycles. The summed E-state index contributed by atoms with van der Waals surface area (Å²) in [6.45, 7) is 1.95. The normalized spacial score (nSPS) is 10.4. The van der Waals surface area contributed by atoms with Gasteiger partial charge in [-0.05, 0) is 35.0 Å². The molecule has 2 aromatic rings. The SMILES string of the molecule is COc1ccc(Br)c(-n2nc(N)cc2C)c1. The molecule has 2 N–H and O–H groups in total. The summed E-state index contributed by atoms with van der Waals surface area (Å²) in [5, 5.41) is 4.23. The van der Waals surface area contributed by atoms with Crippen LogP contribution in [0.1, 0.15) is 5.69 Å². The van der Waals surface area contributed by atoms with Gasteiger partial charge >= 0.3 is 0 Å². The lowest BCUT2D eigenvalue weighted by Crippen LogP contribution is -2.01. The molecule has 0 aliphatic heterocycles. The highest BCUT2D eigenvalue weighted by Crippen LogP contribution is 2.26. The van der Waals surface area contributed by atoms with Gasteiger partial charge in [0.2, 0.25) is 0 Å². The Labute approximate surface area is 102 Å². The molecule has 2 rings (SSSR count). The van der Waals surface area contributed by atoms with E-state index in [-0.39, 0.29) is 0 Å². The first-order valence-corrected chi connectivity index (χ1v) is 5.57. The predicted molar refractivity (Wildman–Crippen MR) is 67.0 cm³/mol. The summed E-state index contributed by atoms with van der Waals surface area (Å²) in [5.41, 5.74) is 7.55. The highest BCUT2D eigenvalue weighted by molar-refractivity contribution is 9.10. The van der Waals surface area contributed by atoms with Gasteiger partial charge in [0.1, 0.15) is 11.6 Å². The second-order valence-electron chi connectivity index (χ2n) is 3.44. The van der Waals surface area contributed by atoms with Gasteiger partial charge < -0.3 is 10.5 Å². The molecule has 0 aliphatic rings. The number of hydrogen-bond donors (Lipinski definition) is 1. The Bertz CT molecular complexity index is 522. The Hall–Kier alpha value is -1.49.